The number of rotatable bonds is 4. The number of primary amides is 1. The molecule has 7 nitrogen and oxygen atoms in total. The van der Waals surface area contributed by atoms with Gasteiger partial charge in [-0.2, -0.15) is 0 Å². The first-order valence-electron chi connectivity index (χ1n) is 10.1. The number of amides is 1. The molecule has 152 valence electrons. The van der Waals surface area contributed by atoms with Crippen molar-refractivity contribution in [3.05, 3.63) is 41.9 Å². The van der Waals surface area contributed by atoms with Crippen molar-refractivity contribution >= 4 is 22.8 Å². The van der Waals surface area contributed by atoms with Gasteiger partial charge in [0, 0.05) is 72.8 Å². The molecule has 2 aromatic heterocycles. The second-order valence-electron chi connectivity index (χ2n) is 8.16. The molecule has 3 aromatic rings. The van der Waals surface area contributed by atoms with Gasteiger partial charge in [0.15, 0.2) is 0 Å². The van der Waals surface area contributed by atoms with Crippen molar-refractivity contribution < 1.29 is 4.79 Å². The van der Waals surface area contributed by atoms with Gasteiger partial charge < -0.3 is 20.1 Å². The molecule has 2 N–H and O–H groups in total. The van der Waals surface area contributed by atoms with Gasteiger partial charge in [0.1, 0.15) is 0 Å². The van der Waals surface area contributed by atoms with E-state index in [4.69, 9.17) is 5.73 Å². The Hall–Kier alpha value is -2.93. The first-order valence-corrected chi connectivity index (χ1v) is 10.1. The van der Waals surface area contributed by atoms with Gasteiger partial charge in [-0.1, -0.05) is 0 Å². The van der Waals surface area contributed by atoms with E-state index in [0.717, 1.165) is 59.7 Å². The first-order chi connectivity index (χ1) is 13.8. The van der Waals surface area contributed by atoms with Gasteiger partial charge >= 0.3 is 0 Å². The van der Waals surface area contributed by atoms with Gasteiger partial charge in [0.25, 0.3) is 0 Å². The number of hydrogen-bond donors (Lipinski definition) is 1. The zero-order valence-corrected chi connectivity index (χ0v) is 17.5. The van der Waals surface area contributed by atoms with Crippen molar-refractivity contribution in [1.82, 2.24) is 19.4 Å². The predicted octanol–water partition coefficient (Wildman–Crippen LogP) is 2.84. The number of carbonyl (C=O) groups is 1. The smallest absolute Gasteiger partial charge is 0.249 e. The van der Waals surface area contributed by atoms with E-state index in [0.29, 0.717) is 5.56 Å². The summed E-state index contributed by atoms with van der Waals surface area (Å²) in [4.78, 5) is 25.9. The lowest BCUT2D eigenvalue weighted by Gasteiger charge is -2.32. The molecule has 0 bridgehead atoms. The summed E-state index contributed by atoms with van der Waals surface area (Å²) in [5, 5.41) is 0.921. The van der Waals surface area contributed by atoms with Crippen LogP contribution in [-0.4, -0.2) is 58.6 Å². The highest BCUT2D eigenvalue weighted by molar-refractivity contribution is 6.08. The number of nitrogens with two attached hydrogens (primary N) is 1. The molecule has 0 aliphatic carbocycles. The number of benzene rings is 1. The molecule has 0 atom stereocenters. The number of carbonyl (C=O) groups excluding carboxylic acids is 1. The third kappa shape index (κ3) is 3.58. The summed E-state index contributed by atoms with van der Waals surface area (Å²) in [7, 11) is 2.13. The SMILES string of the molecule is Cc1cn(C(C)C)c2cc(-c3cnc(N4CCN(C)CC4)nc3)cc(C(N)=O)c12. The first kappa shape index (κ1) is 19.4. The topological polar surface area (TPSA) is 80.3 Å². The number of aryl methyl sites for hydroxylation is 1. The number of nitrogens with zero attached hydrogens (tertiary/aromatic N) is 5. The molecular formula is C22H28N6O. The van der Waals surface area contributed by atoms with Gasteiger partial charge in [-0.3, -0.25) is 4.79 Å². The highest BCUT2D eigenvalue weighted by Crippen LogP contribution is 2.32. The Labute approximate surface area is 171 Å². The van der Waals surface area contributed by atoms with Crippen molar-refractivity contribution in [2.24, 2.45) is 5.73 Å². The second kappa shape index (κ2) is 7.48. The van der Waals surface area contributed by atoms with E-state index in [2.05, 4.69) is 57.5 Å². The predicted molar refractivity (Wildman–Crippen MR) is 116 cm³/mol. The van der Waals surface area contributed by atoms with Crippen LogP contribution in [-0.2, 0) is 0 Å². The van der Waals surface area contributed by atoms with Crippen molar-refractivity contribution in [2.75, 3.05) is 38.1 Å². The number of hydrogen-bond acceptors (Lipinski definition) is 5. The molecule has 1 amide bonds. The van der Waals surface area contributed by atoms with E-state index >= 15 is 0 Å². The fourth-order valence-corrected chi connectivity index (χ4v) is 4.02. The molecule has 7 heteroatoms. The molecule has 1 fully saturated rings. The van der Waals surface area contributed by atoms with E-state index in [1.807, 2.05) is 25.4 Å². The fourth-order valence-electron chi connectivity index (χ4n) is 4.02. The highest BCUT2D eigenvalue weighted by atomic mass is 16.1. The average Bonchev–Trinajstić information content (AvgIpc) is 3.05. The fraction of sp³-hybridized carbons (Fsp3) is 0.409. The molecular weight excluding hydrogens is 364 g/mol. The highest BCUT2D eigenvalue weighted by Gasteiger charge is 2.19. The Kier molecular flexibility index (Phi) is 5.00. The molecule has 1 aliphatic heterocycles. The third-order valence-electron chi connectivity index (χ3n) is 5.70. The van der Waals surface area contributed by atoms with E-state index in [1.54, 1.807) is 0 Å². The minimum atomic E-state index is -0.420. The van der Waals surface area contributed by atoms with Crippen molar-refractivity contribution in [3.8, 4) is 11.1 Å². The molecule has 0 unspecified atom stereocenters. The van der Waals surface area contributed by atoms with E-state index in [9.17, 15) is 4.79 Å². The second-order valence-corrected chi connectivity index (χ2v) is 8.16. The standard InChI is InChI=1S/C22H28N6O/c1-14(2)28-13-15(3)20-18(21(23)29)9-16(10-19(20)28)17-11-24-22(25-12-17)27-7-5-26(4)6-8-27/h9-14H,5-8H2,1-4H3,(H2,23,29). The lowest BCUT2D eigenvalue weighted by Crippen LogP contribution is -2.45. The van der Waals surface area contributed by atoms with Gasteiger partial charge in [-0.15, -0.1) is 0 Å². The van der Waals surface area contributed by atoms with Crippen LogP contribution in [0.1, 0.15) is 35.8 Å². The molecule has 0 spiro atoms. The minimum Gasteiger partial charge on any atom is -0.366 e. The lowest BCUT2D eigenvalue weighted by atomic mass is 10.00. The van der Waals surface area contributed by atoms with Crippen molar-refractivity contribution in [1.29, 1.82) is 0 Å². The Balaban J connectivity index is 1.75. The normalized spacial score (nSPS) is 15.4. The number of anilines is 1. The van der Waals surface area contributed by atoms with Crippen LogP contribution in [0.15, 0.2) is 30.7 Å². The Morgan fingerprint density at radius 3 is 2.31 bits per heavy atom. The molecule has 0 saturated carbocycles. The number of aromatic nitrogens is 3. The van der Waals surface area contributed by atoms with Crippen LogP contribution in [0.2, 0.25) is 0 Å². The van der Waals surface area contributed by atoms with Gasteiger partial charge in [0.05, 0.1) is 0 Å². The van der Waals surface area contributed by atoms with Gasteiger partial charge in [-0.05, 0) is 51.1 Å². The minimum absolute atomic E-state index is 0.276. The Bertz CT molecular complexity index is 1050. The van der Waals surface area contributed by atoms with Crippen molar-refractivity contribution in [3.63, 3.8) is 0 Å². The number of fused-ring (bicyclic) bond motifs is 1. The summed E-state index contributed by atoms with van der Waals surface area (Å²) in [6.45, 7) is 10.1. The average molecular weight is 393 g/mol. The molecule has 4 rings (SSSR count). The summed E-state index contributed by atoms with van der Waals surface area (Å²) < 4.78 is 2.18. The quantitative estimate of drug-likeness (QED) is 0.738. The zero-order chi connectivity index (χ0) is 20.7. The molecule has 29 heavy (non-hydrogen) atoms. The summed E-state index contributed by atoms with van der Waals surface area (Å²) in [6.07, 6.45) is 5.75. The zero-order valence-electron chi connectivity index (χ0n) is 17.5. The van der Waals surface area contributed by atoms with E-state index in [-0.39, 0.29) is 6.04 Å². The van der Waals surface area contributed by atoms with E-state index in [1.165, 1.54) is 0 Å². The van der Waals surface area contributed by atoms with Crippen molar-refractivity contribution in [2.45, 2.75) is 26.8 Å². The van der Waals surface area contributed by atoms with Gasteiger partial charge in [-0.25, -0.2) is 9.97 Å². The molecule has 0 radical (unpaired) electrons. The molecule has 1 saturated heterocycles. The largest absolute Gasteiger partial charge is 0.366 e. The van der Waals surface area contributed by atoms with Crippen LogP contribution < -0.4 is 10.6 Å². The molecule has 1 aliphatic rings. The van der Waals surface area contributed by atoms with Gasteiger partial charge in [0.2, 0.25) is 11.9 Å². The van der Waals surface area contributed by atoms with Crippen LogP contribution in [0.25, 0.3) is 22.0 Å². The van der Waals surface area contributed by atoms with Crippen LogP contribution in [0.4, 0.5) is 5.95 Å². The lowest BCUT2D eigenvalue weighted by molar-refractivity contribution is 0.100. The maximum Gasteiger partial charge on any atom is 0.249 e. The third-order valence-corrected chi connectivity index (χ3v) is 5.70. The maximum absolute atomic E-state index is 12.2. The summed E-state index contributed by atoms with van der Waals surface area (Å²) in [6, 6.07) is 4.23. The van der Waals surface area contributed by atoms with Crippen LogP contribution >= 0.6 is 0 Å². The summed E-state index contributed by atoms with van der Waals surface area (Å²) >= 11 is 0. The number of likely N-dealkylation sites (N-methyl/N-ethyl adjacent to an activating group) is 1. The molecule has 3 heterocycles. The Morgan fingerprint density at radius 2 is 1.72 bits per heavy atom. The number of piperazine rings is 1. The summed E-state index contributed by atoms with van der Waals surface area (Å²) in [5.41, 5.74) is 10.1. The maximum atomic E-state index is 12.2. The van der Waals surface area contributed by atoms with E-state index < -0.39 is 5.91 Å². The molecule has 1 aromatic carbocycles. The van der Waals surface area contributed by atoms with Crippen LogP contribution in [0, 0.1) is 6.92 Å². The Morgan fingerprint density at radius 1 is 1.07 bits per heavy atom. The van der Waals surface area contributed by atoms with Crippen LogP contribution in [0.5, 0.6) is 0 Å². The summed E-state index contributed by atoms with van der Waals surface area (Å²) in [5.74, 6) is 0.330. The van der Waals surface area contributed by atoms with Crippen LogP contribution in [0.3, 0.4) is 0 Å². The monoisotopic (exact) mass is 392 g/mol.